The van der Waals surface area contributed by atoms with Crippen molar-refractivity contribution in [3.8, 4) is 0 Å². The van der Waals surface area contributed by atoms with Crippen molar-refractivity contribution in [3.63, 3.8) is 0 Å². The fourth-order valence-electron chi connectivity index (χ4n) is 1.21. The lowest BCUT2D eigenvalue weighted by molar-refractivity contribution is -0.698. The third-order valence-electron chi connectivity index (χ3n) is 2.00. The van der Waals surface area contributed by atoms with Gasteiger partial charge in [-0.2, -0.15) is 11.8 Å². The predicted octanol–water partition coefficient (Wildman–Crippen LogP) is 1.18. The molecular weight excluding hydrogens is 196 g/mol. The number of hydrogen-bond acceptors (Lipinski definition) is 2. The zero-order chi connectivity index (χ0) is 10.2. The Morgan fingerprint density at radius 2 is 2.36 bits per heavy atom. The third-order valence-corrected chi connectivity index (χ3v) is 2.59. The molecule has 0 spiro atoms. The molecule has 0 atom stereocenters. The molecule has 0 radical (unpaired) electrons. The van der Waals surface area contributed by atoms with E-state index in [1.165, 1.54) is 5.75 Å². The molecule has 1 heterocycles. The van der Waals surface area contributed by atoms with Crippen LogP contribution in [0, 0.1) is 0 Å². The van der Waals surface area contributed by atoms with Crippen molar-refractivity contribution in [1.82, 2.24) is 4.57 Å². The summed E-state index contributed by atoms with van der Waals surface area (Å²) >= 11 is 1.87. The van der Waals surface area contributed by atoms with Crippen LogP contribution in [0.1, 0.15) is 6.92 Å². The van der Waals surface area contributed by atoms with E-state index in [4.69, 9.17) is 4.74 Å². The highest BCUT2D eigenvalue weighted by molar-refractivity contribution is 7.98. The minimum absolute atomic E-state index is 0.799. The van der Waals surface area contributed by atoms with Crippen molar-refractivity contribution in [2.75, 3.05) is 25.2 Å². The van der Waals surface area contributed by atoms with Gasteiger partial charge in [-0.15, -0.1) is 0 Å². The van der Waals surface area contributed by atoms with Crippen LogP contribution in [0.4, 0.5) is 0 Å². The van der Waals surface area contributed by atoms with Gasteiger partial charge in [0.25, 0.3) is 0 Å². The lowest BCUT2D eigenvalue weighted by Crippen LogP contribution is -2.33. The molecule has 80 valence electrons. The summed E-state index contributed by atoms with van der Waals surface area (Å²) in [5, 5.41) is 0. The van der Waals surface area contributed by atoms with Gasteiger partial charge in [-0.3, -0.25) is 0 Å². The summed E-state index contributed by atoms with van der Waals surface area (Å²) in [4.78, 5) is 0. The Hall–Kier alpha value is -0.480. The van der Waals surface area contributed by atoms with Crippen molar-refractivity contribution in [1.29, 1.82) is 0 Å². The molecule has 0 amide bonds. The smallest absolute Gasteiger partial charge is 0.243 e. The number of aromatic nitrogens is 2. The van der Waals surface area contributed by atoms with Crippen LogP contribution in [0.25, 0.3) is 0 Å². The summed E-state index contributed by atoms with van der Waals surface area (Å²) in [6.45, 7) is 5.65. The molecule has 1 rings (SSSR count). The minimum atomic E-state index is 0.799. The maximum Gasteiger partial charge on any atom is 0.243 e. The van der Waals surface area contributed by atoms with Crippen molar-refractivity contribution < 1.29 is 9.30 Å². The van der Waals surface area contributed by atoms with Gasteiger partial charge in [0.15, 0.2) is 0 Å². The zero-order valence-corrected chi connectivity index (χ0v) is 9.80. The molecule has 1 aromatic heterocycles. The first kappa shape index (κ1) is 11.6. The average Bonchev–Trinajstić information content (AvgIpc) is 2.63. The van der Waals surface area contributed by atoms with E-state index in [0.717, 1.165) is 26.3 Å². The van der Waals surface area contributed by atoms with Gasteiger partial charge in [-0.05, 0) is 13.2 Å². The summed E-state index contributed by atoms with van der Waals surface area (Å²) in [5.74, 6) is 1.17. The number of thioether (sulfide) groups is 1. The number of nitrogens with zero attached hydrogens (tertiary/aromatic N) is 2. The average molecular weight is 215 g/mol. The molecule has 0 aromatic carbocycles. The highest BCUT2D eigenvalue weighted by atomic mass is 32.2. The number of ether oxygens (including phenoxy) is 1. The van der Waals surface area contributed by atoms with E-state index >= 15 is 0 Å². The molecule has 0 unspecified atom stereocenters. The maximum atomic E-state index is 5.29. The molecule has 0 aliphatic carbocycles. The molecule has 3 nitrogen and oxygen atoms in total. The Balaban J connectivity index is 2.27. The summed E-state index contributed by atoms with van der Waals surface area (Å²) in [6, 6.07) is 0. The fourth-order valence-corrected chi connectivity index (χ4v) is 1.61. The molecule has 0 fully saturated rings. The first-order chi connectivity index (χ1) is 6.86. The van der Waals surface area contributed by atoms with Crippen LogP contribution in [0.5, 0.6) is 0 Å². The normalized spacial score (nSPS) is 10.7. The van der Waals surface area contributed by atoms with Gasteiger partial charge in [0.2, 0.25) is 6.33 Å². The summed E-state index contributed by atoms with van der Waals surface area (Å²) in [6.07, 6.45) is 8.48. The fraction of sp³-hybridized carbons (Fsp3) is 0.700. The molecule has 0 saturated heterocycles. The zero-order valence-electron chi connectivity index (χ0n) is 8.98. The molecular formula is C10H19N2OS+. The first-order valence-electron chi connectivity index (χ1n) is 4.98. The third kappa shape index (κ3) is 4.15. The second-order valence-corrected chi connectivity index (χ2v) is 4.06. The van der Waals surface area contributed by atoms with E-state index in [1.54, 1.807) is 0 Å². The van der Waals surface area contributed by atoms with Crippen molar-refractivity contribution in [2.24, 2.45) is 0 Å². The maximum absolute atomic E-state index is 5.29. The highest BCUT2D eigenvalue weighted by Crippen LogP contribution is 1.94. The molecule has 14 heavy (non-hydrogen) atoms. The van der Waals surface area contributed by atoms with Gasteiger partial charge in [0.05, 0.1) is 13.2 Å². The van der Waals surface area contributed by atoms with Crippen LogP contribution in [-0.2, 0) is 17.8 Å². The molecule has 0 aliphatic rings. The van der Waals surface area contributed by atoms with E-state index in [1.807, 2.05) is 18.7 Å². The van der Waals surface area contributed by atoms with E-state index in [9.17, 15) is 0 Å². The molecule has 0 saturated carbocycles. The highest BCUT2D eigenvalue weighted by Gasteiger charge is 2.02. The quantitative estimate of drug-likeness (QED) is 0.502. The second-order valence-electron chi connectivity index (χ2n) is 3.08. The number of rotatable bonds is 7. The monoisotopic (exact) mass is 215 g/mol. The van der Waals surface area contributed by atoms with Crippen LogP contribution < -0.4 is 4.57 Å². The largest absolute Gasteiger partial charge is 0.378 e. The van der Waals surface area contributed by atoms with Crippen molar-refractivity contribution in [2.45, 2.75) is 20.0 Å². The van der Waals surface area contributed by atoms with Crippen molar-refractivity contribution in [3.05, 3.63) is 18.7 Å². The standard InChI is InChI=1S/C10H19N2OS/c1-3-13-8-6-11-4-5-12(10-11)7-9-14-2/h4-5,10H,3,6-9H2,1-2H3/q+1. The lowest BCUT2D eigenvalue weighted by Gasteiger charge is -1.97. The number of hydrogen-bond donors (Lipinski definition) is 0. The molecule has 0 bridgehead atoms. The number of imidazole rings is 1. The van der Waals surface area contributed by atoms with Crippen LogP contribution in [-0.4, -0.2) is 29.8 Å². The summed E-state index contributed by atoms with van der Waals surface area (Å²) in [7, 11) is 0. The van der Waals surface area contributed by atoms with Crippen LogP contribution >= 0.6 is 11.8 Å². The Morgan fingerprint density at radius 1 is 1.50 bits per heavy atom. The lowest BCUT2D eigenvalue weighted by atomic mass is 10.6. The number of aryl methyl sites for hydroxylation is 1. The molecule has 0 aliphatic heterocycles. The van der Waals surface area contributed by atoms with Gasteiger partial charge < -0.3 is 4.74 Å². The minimum Gasteiger partial charge on any atom is -0.378 e. The van der Waals surface area contributed by atoms with Crippen LogP contribution in [0.3, 0.4) is 0 Å². The van der Waals surface area contributed by atoms with Gasteiger partial charge in [-0.25, -0.2) is 9.13 Å². The first-order valence-corrected chi connectivity index (χ1v) is 6.37. The van der Waals surface area contributed by atoms with Gasteiger partial charge in [0, 0.05) is 12.4 Å². The van der Waals surface area contributed by atoms with Crippen LogP contribution in [0.2, 0.25) is 0 Å². The van der Waals surface area contributed by atoms with Gasteiger partial charge >= 0.3 is 0 Å². The van der Waals surface area contributed by atoms with Crippen LogP contribution in [0.15, 0.2) is 18.7 Å². The summed E-state index contributed by atoms with van der Waals surface area (Å²) < 4.78 is 9.67. The Morgan fingerprint density at radius 3 is 3.07 bits per heavy atom. The Kier molecular flexibility index (Phi) is 5.71. The molecule has 1 aromatic rings. The SMILES string of the molecule is CCOCC[n+]1ccn(CCSC)c1. The molecule has 0 N–H and O–H groups in total. The van der Waals surface area contributed by atoms with E-state index in [-0.39, 0.29) is 0 Å². The van der Waals surface area contributed by atoms with Crippen molar-refractivity contribution >= 4 is 11.8 Å². The topological polar surface area (TPSA) is 18.0 Å². The van der Waals surface area contributed by atoms with Gasteiger partial charge in [-0.1, -0.05) is 0 Å². The Labute approximate surface area is 90.1 Å². The van der Waals surface area contributed by atoms with E-state index in [2.05, 4.69) is 34.1 Å². The summed E-state index contributed by atoms with van der Waals surface area (Å²) in [5.41, 5.74) is 0. The van der Waals surface area contributed by atoms with E-state index in [0.29, 0.717) is 0 Å². The van der Waals surface area contributed by atoms with E-state index < -0.39 is 0 Å². The second kappa shape index (κ2) is 6.90. The Bertz CT molecular complexity index is 250. The predicted molar refractivity (Wildman–Crippen MR) is 59.5 cm³/mol. The van der Waals surface area contributed by atoms with Gasteiger partial charge in [0.1, 0.15) is 18.9 Å². The molecule has 4 heteroatoms.